The molecule has 1 heterocycles. The lowest BCUT2D eigenvalue weighted by Gasteiger charge is -2.44. The van der Waals surface area contributed by atoms with Gasteiger partial charge < -0.3 is 10.2 Å². The Hall–Kier alpha value is -1.32. The van der Waals surface area contributed by atoms with Crippen LogP contribution in [0.1, 0.15) is 52.4 Å². The molecule has 3 atom stereocenters. The Morgan fingerprint density at radius 2 is 2.00 bits per heavy atom. The Morgan fingerprint density at radius 1 is 1.35 bits per heavy atom. The molecular formula is C16H26N2O2. The molecule has 0 bridgehead atoms. The molecule has 112 valence electrons. The van der Waals surface area contributed by atoms with Crippen LogP contribution in [0, 0.1) is 5.92 Å². The zero-order chi connectivity index (χ0) is 14.7. The monoisotopic (exact) mass is 278 g/mol. The van der Waals surface area contributed by atoms with E-state index >= 15 is 0 Å². The maximum absolute atomic E-state index is 12.8. The molecule has 4 heteroatoms. The number of rotatable bonds is 4. The molecule has 2 rings (SSSR count). The van der Waals surface area contributed by atoms with Gasteiger partial charge in [-0.2, -0.15) is 0 Å². The molecule has 0 spiro atoms. The van der Waals surface area contributed by atoms with Crippen LogP contribution >= 0.6 is 0 Å². The summed E-state index contributed by atoms with van der Waals surface area (Å²) in [4.78, 5) is 26.9. The van der Waals surface area contributed by atoms with Crippen LogP contribution in [-0.4, -0.2) is 34.8 Å². The third-order valence-electron chi connectivity index (χ3n) is 4.74. The maximum Gasteiger partial charge on any atom is 0.246 e. The second-order valence-corrected chi connectivity index (χ2v) is 6.03. The zero-order valence-corrected chi connectivity index (χ0v) is 12.6. The average molecular weight is 278 g/mol. The van der Waals surface area contributed by atoms with Crippen molar-refractivity contribution in [2.75, 3.05) is 0 Å². The van der Waals surface area contributed by atoms with Gasteiger partial charge in [0.25, 0.3) is 0 Å². The second kappa shape index (κ2) is 6.42. The average Bonchev–Trinajstić information content (AvgIpc) is 2.48. The number of carbonyl (C=O) groups excluding carboxylic acids is 2. The molecule has 1 aliphatic heterocycles. The van der Waals surface area contributed by atoms with Crippen molar-refractivity contribution >= 4 is 11.8 Å². The summed E-state index contributed by atoms with van der Waals surface area (Å²) >= 11 is 0. The Balaban J connectivity index is 2.21. The topological polar surface area (TPSA) is 49.4 Å². The highest BCUT2D eigenvalue weighted by atomic mass is 16.2. The summed E-state index contributed by atoms with van der Waals surface area (Å²) in [5.74, 6) is 0.379. The van der Waals surface area contributed by atoms with Gasteiger partial charge in [-0.05, 0) is 32.1 Å². The van der Waals surface area contributed by atoms with Crippen LogP contribution in [0.3, 0.4) is 0 Å². The van der Waals surface area contributed by atoms with Crippen LogP contribution < -0.4 is 5.32 Å². The second-order valence-electron chi connectivity index (χ2n) is 6.03. The van der Waals surface area contributed by atoms with Gasteiger partial charge >= 0.3 is 0 Å². The van der Waals surface area contributed by atoms with Gasteiger partial charge in [0.1, 0.15) is 12.1 Å². The minimum atomic E-state index is -0.352. The molecule has 4 nitrogen and oxygen atoms in total. The van der Waals surface area contributed by atoms with E-state index in [9.17, 15) is 9.59 Å². The van der Waals surface area contributed by atoms with Crippen LogP contribution in [-0.2, 0) is 9.59 Å². The molecule has 20 heavy (non-hydrogen) atoms. The third kappa shape index (κ3) is 2.74. The van der Waals surface area contributed by atoms with Crippen molar-refractivity contribution in [3.63, 3.8) is 0 Å². The van der Waals surface area contributed by atoms with Crippen molar-refractivity contribution in [1.29, 1.82) is 0 Å². The standard InChI is InChI=1S/C16H26N2O2/c1-4-11(3)18-13(5-2)15(19)17-14(16(18)20)12-9-7-6-8-10-12/h4,11-14H,1,5-10H2,2-3H3,(H,17,19). The van der Waals surface area contributed by atoms with Crippen molar-refractivity contribution in [1.82, 2.24) is 10.2 Å². The lowest BCUT2D eigenvalue weighted by atomic mass is 9.82. The van der Waals surface area contributed by atoms with E-state index in [0.29, 0.717) is 12.3 Å². The number of carbonyl (C=O) groups is 2. The van der Waals surface area contributed by atoms with Gasteiger partial charge in [-0.3, -0.25) is 9.59 Å². The van der Waals surface area contributed by atoms with Crippen LogP contribution in [0.15, 0.2) is 12.7 Å². The Bertz CT molecular complexity index is 388. The van der Waals surface area contributed by atoms with E-state index in [4.69, 9.17) is 0 Å². The molecule has 2 fully saturated rings. The number of hydrogen-bond donors (Lipinski definition) is 1. The molecule has 3 unspecified atom stereocenters. The van der Waals surface area contributed by atoms with Gasteiger partial charge in [0.2, 0.25) is 11.8 Å². The van der Waals surface area contributed by atoms with Crippen molar-refractivity contribution in [3.8, 4) is 0 Å². The minimum Gasteiger partial charge on any atom is -0.342 e. The fraction of sp³-hybridized carbons (Fsp3) is 0.750. The molecule has 0 aromatic carbocycles. The summed E-state index contributed by atoms with van der Waals surface area (Å²) in [5, 5.41) is 2.98. The first kappa shape index (κ1) is 15.1. The molecule has 2 aliphatic rings. The summed E-state index contributed by atoms with van der Waals surface area (Å²) < 4.78 is 0. The first-order valence-corrected chi connectivity index (χ1v) is 7.85. The Kier molecular flexibility index (Phi) is 4.84. The predicted octanol–water partition coefficient (Wildman–Crippen LogP) is 2.25. The van der Waals surface area contributed by atoms with Gasteiger partial charge in [-0.15, -0.1) is 6.58 Å². The smallest absolute Gasteiger partial charge is 0.246 e. The van der Waals surface area contributed by atoms with E-state index in [0.717, 1.165) is 12.8 Å². The number of piperazine rings is 1. The van der Waals surface area contributed by atoms with Gasteiger partial charge in [-0.25, -0.2) is 0 Å². The van der Waals surface area contributed by atoms with E-state index in [-0.39, 0.29) is 29.9 Å². The Labute approximate surface area is 121 Å². The van der Waals surface area contributed by atoms with Gasteiger partial charge in [-0.1, -0.05) is 32.3 Å². The van der Waals surface area contributed by atoms with E-state index in [1.807, 2.05) is 13.8 Å². The van der Waals surface area contributed by atoms with Gasteiger partial charge in [0.15, 0.2) is 0 Å². The number of hydrogen-bond acceptors (Lipinski definition) is 2. The van der Waals surface area contributed by atoms with Crippen molar-refractivity contribution < 1.29 is 9.59 Å². The molecule has 1 N–H and O–H groups in total. The molecule has 1 saturated heterocycles. The fourth-order valence-corrected chi connectivity index (χ4v) is 3.52. The molecule has 1 saturated carbocycles. The first-order chi connectivity index (χ1) is 9.60. The quantitative estimate of drug-likeness (QED) is 0.802. The lowest BCUT2D eigenvalue weighted by Crippen LogP contribution is -2.66. The summed E-state index contributed by atoms with van der Waals surface area (Å²) in [5.41, 5.74) is 0. The van der Waals surface area contributed by atoms with Crippen LogP contribution in [0.4, 0.5) is 0 Å². The zero-order valence-electron chi connectivity index (χ0n) is 12.6. The maximum atomic E-state index is 12.8. The largest absolute Gasteiger partial charge is 0.342 e. The third-order valence-corrected chi connectivity index (χ3v) is 4.74. The predicted molar refractivity (Wildman–Crippen MR) is 79.1 cm³/mol. The van der Waals surface area contributed by atoms with Crippen molar-refractivity contribution in [3.05, 3.63) is 12.7 Å². The highest BCUT2D eigenvalue weighted by molar-refractivity contribution is 5.97. The highest BCUT2D eigenvalue weighted by Gasteiger charge is 2.44. The lowest BCUT2D eigenvalue weighted by molar-refractivity contribution is -0.152. The van der Waals surface area contributed by atoms with Crippen LogP contribution in [0.2, 0.25) is 0 Å². The Morgan fingerprint density at radius 3 is 2.55 bits per heavy atom. The van der Waals surface area contributed by atoms with Crippen molar-refractivity contribution in [2.45, 2.75) is 70.5 Å². The van der Waals surface area contributed by atoms with E-state index in [2.05, 4.69) is 11.9 Å². The number of nitrogens with one attached hydrogen (secondary N) is 1. The van der Waals surface area contributed by atoms with E-state index in [1.54, 1.807) is 11.0 Å². The van der Waals surface area contributed by atoms with Crippen LogP contribution in [0.25, 0.3) is 0 Å². The fourth-order valence-electron chi connectivity index (χ4n) is 3.52. The van der Waals surface area contributed by atoms with Crippen LogP contribution in [0.5, 0.6) is 0 Å². The molecule has 0 aromatic heterocycles. The molecule has 0 aromatic rings. The van der Waals surface area contributed by atoms with Gasteiger partial charge in [0.05, 0.1) is 0 Å². The molecule has 0 radical (unpaired) electrons. The van der Waals surface area contributed by atoms with E-state index < -0.39 is 0 Å². The SMILES string of the molecule is C=CC(C)N1C(=O)C(C2CCCCC2)NC(=O)C1CC. The number of amides is 2. The molecule has 2 amide bonds. The number of nitrogens with zero attached hydrogens (tertiary/aromatic N) is 1. The summed E-state index contributed by atoms with van der Waals surface area (Å²) in [6.45, 7) is 7.66. The minimum absolute atomic E-state index is 0.00336. The molecule has 1 aliphatic carbocycles. The summed E-state index contributed by atoms with van der Waals surface area (Å²) in [6.07, 6.45) is 8.06. The van der Waals surface area contributed by atoms with E-state index in [1.165, 1.54) is 19.3 Å². The summed E-state index contributed by atoms with van der Waals surface area (Å²) in [6, 6.07) is -0.770. The van der Waals surface area contributed by atoms with Crippen molar-refractivity contribution in [2.24, 2.45) is 5.92 Å². The normalized spacial score (nSPS) is 30.0. The summed E-state index contributed by atoms with van der Waals surface area (Å²) in [7, 11) is 0. The molecular weight excluding hydrogens is 252 g/mol. The first-order valence-electron chi connectivity index (χ1n) is 7.85. The highest BCUT2D eigenvalue weighted by Crippen LogP contribution is 2.30. The van der Waals surface area contributed by atoms with Gasteiger partial charge in [0, 0.05) is 6.04 Å².